The second kappa shape index (κ2) is 4.44. The molecule has 0 amide bonds. The third kappa shape index (κ3) is 1.88. The highest BCUT2D eigenvalue weighted by molar-refractivity contribution is 5.78. The van der Waals surface area contributed by atoms with Gasteiger partial charge in [-0.1, -0.05) is 6.42 Å². The van der Waals surface area contributed by atoms with E-state index in [0.29, 0.717) is 17.1 Å². The van der Waals surface area contributed by atoms with Crippen LogP contribution < -0.4 is 10.3 Å². The van der Waals surface area contributed by atoms with Crippen LogP contribution in [0, 0.1) is 5.92 Å². The maximum absolute atomic E-state index is 12.3. The van der Waals surface area contributed by atoms with Crippen molar-refractivity contribution in [1.29, 1.82) is 0 Å². The van der Waals surface area contributed by atoms with Gasteiger partial charge in [0, 0.05) is 6.54 Å². The molecule has 0 spiro atoms. The van der Waals surface area contributed by atoms with Crippen LogP contribution in [0.4, 0.5) is 0 Å². The number of aromatic nitrogens is 2. The van der Waals surface area contributed by atoms with Gasteiger partial charge >= 0.3 is 0 Å². The molecule has 0 radical (unpaired) electrons. The van der Waals surface area contributed by atoms with Crippen LogP contribution in [0.2, 0.25) is 0 Å². The van der Waals surface area contributed by atoms with Gasteiger partial charge in [-0.05, 0) is 37.0 Å². The molecule has 1 saturated carbocycles. The molecule has 1 heterocycles. The summed E-state index contributed by atoms with van der Waals surface area (Å²) in [4.78, 5) is 16.7. The summed E-state index contributed by atoms with van der Waals surface area (Å²) >= 11 is 0. The minimum absolute atomic E-state index is 0.0331. The van der Waals surface area contributed by atoms with E-state index in [9.17, 15) is 4.79 Å². The van der Waals surface area contributed by atoms with E-state index in [2.05, 4.69) is 4.98 Å². The molecule has 1 fully saturated rings. The van der Waals surface area contributed by atoms with Gasteiger partial charge in [0.15, 0.2) is 0 Å². The van der Waals surface area contributed by atoms with Gasteiger partial charge in [-0.25, -0.2) is 4.98 Å². The van der Waals surface area contributed by atoms with Crippen LogP contribution in [-0.2, 0) is 6.54 Å². The number of fused-ring (bicyclic) bond motifs is 1. The van der Waals surface area contributed by atoms with Gasteiger partial charge in [0.25, 0.3) is 5.56 Å². The predicted molar refractivity (Wildman–Crippen MR) is 69.9 cm³/mol. The van der Waals surface area contributed by atoms with Gasteiger partial charge in [0.05, 0.1) is 24.3 Å². The Hall–Kier alpha value is -1.84. The highest BCUT2D eigenvalue weighted by Gasteiger charge is 2.18. The normalized spacial score (nSPS) is 15.6. The Kier molecular flexibility index (Phi) is 2.78. The second-order valence-corrected chi connectivity index (χ2v) is 4.88. The molecule has 4 nitrogen and oxygen atoms in total. The Morgan fingerprint density at radius 2 is 2.28 bits per heavy atom. The Morgan fingerprint density at radius 1 is 1.44 bits per heavy atom. The first-order valence-electron chi connectivity index (χ1n) is 6.31. The van der Waals surface area contributed by atoms with Crippen LogP contribution in [0.3, 0.4) is 0 Å². The fraction of sp³-hybridized carbons (Fsp3) is 0.429. The lowest BCUT2D eigenvalue weighted by molar-refractivity contribution is 0.273. The van der Waals surface area contributed by atoms with E-state index < -0.39 is 0 Å². The highest BCUT2D eigenvalue weighted by atomic mass is 16.5. The SMILES string of the molecule is COc1ccc2ncn(CC3CCC3)c(=O)c2c1. The zero-order chi connectivity index (χ0) is 12.5. The van der Waals surface area contributed by atoms with Crippen molar-refractivity contribution in [2.45, 2.75) is 25.8 Å². The Balaban J connectivity index is 2.05. The van der Waals surface area contributed by atoms with Gasteiger partial charge in [0.2, 0.25) is 0 Å². The van der Waals surface area contributed by atoms with Crippen molar-refractivity contribution in [1.82, 2.24) is 9.55 Å². The summed E-state index contributed by atoms with van der Waals surface area (Å²) in [5.41, 5.74) is 0.761. The quantitative estimate of drug-likeness (QED) is 0.831. The first-order valence-corrected chi connectivity index (χ1v) is 6.31. The van der Waals surface area contributed by atoms with Crippen molar-refractivity contribution in [3.63, 3.8) is 0 Å². The molecule has 1 aromatic carbocycles. The Bertz CT molecular complexity index is 629. The van der Waals surface area contributed by atoms with E-state index in [4.69, 9.17) is 4.74 Å². The number of hydrogen-bond acceptors (Lipinski definition) is 3. The summed E-state index contributed by atoms with van der Waals surface area (Å²) in [6.45, 7) is 0.791. The van der Waals surface area contributed by atoms with Crippen molar-refractivity contribution in [3.05, 3.63) is 34.9 Å². The molecule has 1 aliphatic rings. The van der Waals surface area contributed by atoms with Crippen molar-refractivity contribution >= 4 is 10.9 Å². The van der Waals surface area contributed by atoms with Crippen molar-refractivity contribution < 1.29 is 4.74 Å². The van der Waals surface area contributed by atoms with Crippen LogP contribution in [0.25, 0.3) is 10.9 Å². The Morgan fingerprint density at radius 3 is 2.94 bits per heavy atom. The van der Waals surface area contributed by atoms with E-state index in [1.54, 1.807) is 24.1 Å². The molecule has 0 aliphatic heterocycles. The molecule has 0 saturated heterocycles. The number of nitrogens with zero attached hydrogens (tertiary/aromatic N) is 2. The number of benzene rings is 1. The predicted octanol–water partition coefficient (Wildman–Crippen LogP) is 2.21. The average molecular weight is 244 g/mol. The van der Waals surface area contributed by atoms with Gasteiger partial charge < -0.3 is 4.74 Å². The highest BCUT2D eigenvalue weighted by Crippen LogP contribution is 2.27. The molecule has 1 aromatic heterocycles. The van der Waals surface area contributed by atoms with E-state index in [-0.39, 0.29) is 5.56 Å². The summed E-state index contributed by atoms with van der Waals surface area (Å²) in [6.07, 6.45) is 5.40. The molecular formula is C14H16N2O2. The van der Waals surface area contributed by atoms with Gasteiger partial charge in [-0.3, -0.25) is 9.36 Å². The summed E-state index contributed by atoms with van der Waals surface area (Å²) in [6, 6.07) is 5.41. The number of methoxy groups -OCH3 is 1. The number of rotatable bonds is 3. The minimum Gasteiger partial charge on any atom is -0.497 e. The first kappa shape index (κ1) is 11.3. The Labute approximate surface area is 105 Å². The molecule has 0 unspecified atom stereocenters. The van der Waals surface area contributed by atoms with Crippen molar-refractivity contribution in [3.8, 4) is 5.75 Å². The molecule has 0 bridgehead atoms. The third-order valence-electron chi connectivity index (χ3n) is 3.71. The molecule has 1 aliphatic carbocycles. The fourth-order valence-corrected chi connectivity index (χ4v) is 2.35. The smallest absolute Gasteiger partial charge is 0.261 e. The molecule has 0 atom stereocenters. The number of ether oxygens (including phenoxy) is 1. The summed E-state index contributed by atoms with van der Waals surface area (Å²) in [7, 11) is 1.60. The van der Waals surface area contributed by atoms with Crippen LogP contribution in [-0.4, -0.2) is 16.7 Å². The van der Waals surface area contributed by atoms with Crippen molar-refractivity contribution in [2.24, 2.45) is 5.92 Å². The zero-order valence-corrected chi connectivity index (χ0v) is 10.4. The molecule has 2 aromatic rings. The topological polar surface area (TPSA) is 44.1 Å². The molecule has 0 N–H and O–H groups in total. The summed E-state index contributed by atoms with van der Waals surface area (Å²) < 4.78 is 6.88. The van der Waals surface area contributed by atoms with E-state index in [1.807, 2.05) is 12.1 Å². The number of hydrogen-bond donors (Lipinski definition) is 0. The molecule has 18 heavy (non-hydrogen) atoms. The van der Waals surface area contributed by atoms with E-state index in [0.717, 1.165) is 12.1 Å². The van der Waals surface area contributed by atoms with Gasteiger partial charge in [-0.15, -0.1) is 0 Å². The van der Waals surface area contributed by atoms with Gasteiger partial charge in [-0.2, -0.15) is 0 Å². The monoisotopic (exact) mass is 244 g/mol. The van der Waals surface area contributed by atoms with Crippen LogP contribution in [0.5, 0.6) is 5.75 Å². The van der Waals surface area contributed by atoms with E-state index >= 15 is 0 Å². The lowest BCUT2D eigenvalue weighted by atomic mass is 9.85. The van der Waals surface area contributed by atoms with Crippen molar-refractivity contribution in [2.75, 3.05) is 7.11 Å². The molecule has 4 heteroatoms. The largest absolute Gasteiger partial charge is 0.497 e. The fourth-order valence-electron chi connectivity index (χ4n) is 2.35. The average Bonchev–Trinajstić information content (AvgIpc) is 2.35. The molecule has 3 rings (SSSR count). The minimum atomic E-state index is 0.0331. The molecule has 94 valence electrons. The lowest BCUT2D eigenvalue weighted by Gasteiger charge is -2.25. The van der Waals surface area contributed by atoms with Gasteiger partial charge in [0.1, 0.15) is 5.75 Å². The first-order chi connectivity index (χ1) is 8.78. The van der Waals surface area contributed by atoms with Crippen LogP contribution in [0.1, 0.15) is 19.3 Å². The van der Waals surface area contributed by atoms with Crippen LogP contribution in [0.15, 0.2) is 29.3 Å². The standard InChI is InChI=1S/C14H16N2O2/c1-18-11-5-6-13-12(7-11)14(17)16(9-15-13)8-10-3-2-4-10/h5-7,9-10H,2-4,8H2,1H3. The maximum Gasteiger partial charge on any atom is 0.261 e. The van der Waals surface area contributed by atoms with Crippen LogP contribution >= 0.6 is 0 Å². The summed E-state index contributed by atoms with van der Waals surface area (Å²) in [5, 5.41) is 0.635. The summed E-state index contributed by atoms with van der Waals surface area (Å²) in [5.74, 6) is 1.34. The lowest BCUT2D eigenvalue weighted by Crippen LogP contribution is -2.27. The van der Waals surface area contributed by atoms with E-state index in [1.165, 1.54) is 19.3 Å². The third-order valence-corrected chi connectivity index (χ3v) is 3.71. The second-order valence-electron chi connectivity index (χ2n) is 4.88. The molecular weight excluding hydrogens is 228 g/mol. The maximum atomic E-state index is 12.3. The zero-order valence-electron chi connectivity index (χ0n) is 10.4.